The second kappa shape index (κ2) is 6.41. The van der Waals surface area contributed by atoms with Crippen molar-refractivity contribution in [2.75, 3.05) is 18.0 Å². The molecule has 3 heteroatoms. The molecule has 0 saturated carbocycles. The summed E-state index contributed by atoms with van der Waals surface area (Å²) in [6, 6.07) is 13.1. The lowest BCUT2D eigenvalue weighted by Gasteiger charge is -2.12. The summed E-state index contributed by atoms with van der Waals surface area (Å²) in [5, 5.41) is 0. The van der Waals surface area contributed by atoms with Crippen LogP contribution in [0.15, 0.2) is 36.4 Å². The highest BCUT2D eigenvalue weighted by molar-refractivity contribution is 14.1. The van der Waals surface area contributed by atoms with Crippen LogP contribution in [0.25, 0.3) is 0 Å². The molecule has 3 rings (SSSR count). The highest BCUT2D eigenvalue weighted by Gasteiger charge is 2.26. The molecule has 0 unspecified atom stereocenters. The molecular weight excluding hydrogens is 383 g/mol. The van der Waals surface area contributed by atoms with E-state index >= 15 is 0 Å². The topological polar surface area (TPSA) is 6.25 Å². The fourth-order valence-electron chi connectivity index (χ4n) is 3.20. The van der Waals surface area contributed by atoms with Gasteiger partial charge in [0.25, 0.3) is 0 Å². The maximum Gasteiger partial charge on any atom is 0.369 e. The van der Waals surface area contributed by atoms with Gasteiger partial charge in [0.15, 0.2) is 0 Å². The third-order valence-corrected chi connectivity index (χ3v) is 5.13. The first-order chi connectivity index (χ1) is 10.5. The second-order valence-corrected chi connectivity index (χ2v) is 7.17. The van der Waals surface area contributed by atoms with Gasteiger partial charge in [-0.05, 0) is 60.6 Å². The highest BCUT2D eigenvalue weighted by atomic mass is 127. The molecule has 0 bridgehead atoms. The molecule has 1 radical (unpaired) electrons. The summed E-state index contributed by atoms with van der Waals surface area (Å²) in [6.45, 7) is 9.51. The van der Waals surface area contributed by atoms with Crippen molar-refractivity contribution in [3.8, 4) is 0 Å². The summed E-state index contributed by atoms with van der Waals surface area (Å²) in [5.74, 6) is 0. The average Bonchev–Trinajstić information content (AvgIpc) is 2.88. The molecule has 1 heterocycles. The molecule has 2 aromatic carbocycles. The molecule has 0 aliphatic carbocycles. The quantitative estimate of drug-likeness (QED) is 0.550. The standard InChI is InChI=1S/C19H21IN2/c1-14-10-15(2)19(16(3)11-14)22-9-8-21(13-22)12-17-6-4-5-7-18(17)20/h4-7,10-11H,8-9,12H2,1-3H3/q+1. The number of halogens is 1. The Kier molecular flexibility index (Phi) is 4.52. The number of aryl methyl sites for hydroxylation is 3. The minimum atomic E-state index is 0.930. The van der Waals surface area contributed by atoms with E-state index in [0.717, 1.165) is 19.6 Å². The first kappa shape index (κ1) is 15.5. The van der Waals surface area contributed by atoms with Crippen LogP contribution >= 0.6 is 22.6 Å². The monoisotopic (exact) mass is 404 g/mol. The number of hydrogen-bond donors (Lipinski definition) is 0. The van der Waals surface area contributed by atoms with Crippen LogP contribution in [0.5, 0.6) is 0 Å². The number of anilines is 1. The summed E-state index contributed by atoms with van der Waals surface area (Å²) < 4.78 is 3.61. The number of benzene rings is 2. The first-order valence-electron chi connectivity index (χ1n) is 7.64. The Labute approximate surface area is 146 Å². The van der Waals surface area contributed by atoms with Gasteiger partial charge in [0.2, 0.25) is 0 Å². The van der Waals surface area contributed by atoms with E-state index in [-0.39, 0.29) is 0 Å². The van der Waals surface area contributed by atoms with E-state index in [1.165, 1.54) is 31.5 Å². The molecule has 0 saturated heterocycles. The molecule has 0 N–H and O–H groups in total. The molecule has 1 aliphatic heterocycles. The van der Waals surface area contributed by atoms with Crippen molar-refractivity contribution in [1.82, 2.24) is 0 Å². The third-order valence-electron chi connectivity index (χ3n) is 4.08. The summed E-state index contributed by atoms with van der Waals surface area (Å²) in [4.78, 5) is 2.28. The molecule has 2 nitrogen and oxygen atoms in total. The number of hydrogen-bond acceptors (Lipinski definition) is 1. The highest BCUT2D eigenvalue weighted by Crippen LogP contribution is 2.26. The van der Waals surface area contributed by atoms with Crippen molar-refractivity contribution in [3.05, 3.63) is 62.2 Å². The van der Waals surface area contributed by atoms with E-state index in [9.17, 15) is 0 Å². The summed E-state index contributed by atoms with van der Waals surface area (Å²) >= 11 is 2.41. The fourth-order valence-corrected chi connectivity index (χ4v) is 3.76. The largest absolute Gasteiger partial charge is 0.369 e. The van der Waals surface area contributed by atoms with Gasteiger partial charge in [0.1, 0.15) is 25.3 Å². The van der Waals surface area contributed by atoms with Crippen molar-refractivity contribution in [3.63, 3.8) is 0 Å². The van der Waals surface area contributed by atoms with Gasteiger partial charge in [-0.3, -0.25) is 0 Å². The number of nitrogens with zero attached hydrogens (tertiary/aromatic N) is 2. The molecule has 0 atom stereocenters. The predicted molar refractivity (Wildman–Crippen MR) is 101 cm³/mol. The van der Waals surface area contributed by atoms with Crippen LogP contribution in [0.1, 0.15) is 22.3 Å². The molecule has 1 aliphatic rings. The molecule has 0 fully saturated rings. The summed E-state index contributed by atoms with van der Waals surface area (Å²) in [7, 11) is 0. The van der Waals surface area contributed by atoms with E-state index < -0.39 is 0 Å². The molecule has 0 amide bonds. The van der Waals surface area contributed by atoms with Crippen LogP contribution in [-0.2, 0) is 6.54 Å². The van der Waals surface area contributed by atoms with Crippen LogP contribution in [0.4, 0.5) is 5.69 Å². The molecule has 0 aromatic heterocycles. The fraction of sp³-hybridized carbons (Fsp3) is 0.316. The van der Waals surface area contributed by atoms with Crippen LogP contribution in [-0.4, -0.2) is 24.0 Å². The van der Waals surface area contributed by atoms with Crippen molar-refractivity contribution in [2.45, 2.75) is 27.3 Å². The van der Waals surface area contributed by atoms with Gasteiger partial charge in [-0.15, -0.1) is 0 Å². The predicted octanol–water partition coefficient (Wildman–Crippen LogP) is 4.15. The van der Waals surface area contributed by atoms with Gasteiger partial charge in [-0.2, -0.15) is 0 Å². The van der Waals surface area contributed by atoms with Crippen LogP contribution < -0.4 is 4.90 Å². The molecular formula is C19H21IN2+. The Bertz CT molecular complexity index is 711. The van der Waals surface area contributed by atoms with Crippen LogP contribution in [0, 0.1) is 24.3 Å². The zero-order valence-electron chi connectivity index (χ0n) is 13.4. The lowest BCUT2D eigenvalue weighted by atomic mass is 10.0. The van der Waals surface area contributed by atoms with Crippen molar-refractivity contribution in [2.24, 2.45) is 0 Å². The van der Waals surface area contributed by atoms with E-state index in [0.29, 0.717) is 0 Å². The van der Waals surface area contributed by atoms with E-state index in [1.54, 1.807) is 0 Å². The molecule has 0 spiro atoms. The Morgan fingerprint density at radius 3 is 2.50 bits per heavy atom. The maximum absolute atomic E-state index is 3.55. The zero-order valence-corrected chi connectivity index (χ0v) is 15.5. The summed E-state index contributed by atoms with van der Waals surface area (Å²) in [6.07, 6.45) is 3.55. The van der Waals surface area contributed by atoms with Gasteiger partial charge in [-0.1, -0.05) is 35.9 Å². The second-order valence-electron chi connectivity index (χ2n) is 6.01. The van der Waals surface area contributed by atoms with Gasteiger partial charge in [-0.25, -0.2) is 9.48 Å². The van der Waals surface area contributed by atoms with Gasteiger partial charge >= 0.3 is 6.34 Å². The summed E-state index contributed by atoms with van der Waals surface area (Å²) in [5.41, 5.74) is 6.68. The van der Waals surface area contributed by atoms with E-state index in [4.69, 9.17) is 0 Å². The molecule has 2 aromatic rings. The van der Waals surface area contributed by atoms with Crippen molar-refractivity contribution >= 4 is 34.6 Å². The average molecular weight is 404 g/mol. The minimum absolute atomic E-state index is 0.930. The Hall–Kier alpha value is -1.36. The van der Waals surface area contributed by atoms with Crippen LogP contribution in [0.2, 0.25) is 0 Å². The Morgan fingerprint density at radius 1 is 1.14 bits per heavy atom. The Morgan fingerprint density at radius 2 is 1.82 bits per heavy atom. The Balaban J connectivity index is 1.85. The van der Waals surface area contributed by atoms with Gasteiger partial charge in [0.05, 0.1) is 0 Å². The molecule has 113 valence electrons. The maximum atomic E-state index is 3.55. The zero-order chi connectivity index (χ0) is 15.7. The molecule has 22 heavy (non-hydrogen) atoms. The normalized spacial score (nSPS) is 14.4. The van der Waals surface area contributed by atoms with Crippen LogP contribution in [0.3, 0.4) is 0 Å². The lowest BCUT2D eigenvalue weighted by molar-refractivity contribution is -0.530. The van der Waals surface area contributed by atoms with Gasteiger partial charge < -0.3 is 0 Å². The minimum Gasteiger partial charge on any atom is -0.246 e. The smallest absolute Gasteiger partial charge is 0.246 e. The third kappa shape index (κ3) is 3.19. The number of rotatable bonds is 3. The van der Waals surface area contributed by atoms with E-state index in [2.05, 4.69) is 95.6 Å². The van der Waals surface area contributed by atoms with Crippen molar-refractivity contribution in [1.29, 1.82) is 0 Å². The van der Waals surface area contributed by atoms with Crippen molar-refractivity contribution < 1.29 is 4.58 Å². The lowest BCUT2D eigenvalue weighted by Crippen LogP contribution is -2.20. The SMILES string of the molecule is Cc1cc(C)c(N2[C]=[N+](Cc3ccccc3I)CC2)c(C)c1. The van der Waals surface area contributed by atoms with E-state index in [1.807, 2.05) is 0 Å². The first-order valence-corrected chi connectivity index (χ1v) is 8.72. The van der Waals surface area contributed by atoms with Gasteiger partial charge in [0, 0.05) is 9.13 Å².